The molecule has 2 aromatic carbocycles. The molecule has 1 aliphatic heterocycles. The number of anilines is 2. The van der Waals surface area contributed by atoms with Crippen LogP contribution in [0, 0.1) is 27.7 Å². The Bertz CT molecular complexity index is 960. The highest BCUT2D eigenvalue weighted by Crippen LogP contribution is 2.29. The summed E-state index contributed by atoms with van der Waals surface area (Å²) in [7, 11) is 1.33. The van der Waals surface area contributed by atoms with Crippen LogP contribution in [0.25, 0.3) is 0 Å². The first-order valence-corrected chi connectivity index (χ1v) is 8.86. The molecular weight excluding hydrogens is 340 g/mol. The maximum atomic E-state index is 13.1. The smallest absolute Gasteiger partial charge is 0.337 e. The van der Waals surface area contributed by atoms with Gasteiger partial charge in [0.1, 0.15) is 5.70 Å². The van der Waals surface area contributed by atoms with Gasteiger partial charge in [-0.15, -0.1) is 0 Å². The van der Waals surface area contributed by atoms with Crippen LogP contribution >= 0.6 is 0 Å². The standard InChI is InChI=1S/C22H24N2O3/c1-13-6-8-17(10-15(13)3)23-20-19(22(26)27-5)12-24(21(20)25)18-9-7-14(2)16(4)11-18/h6-11,23H,12H2,1-5H3. The van der Waals surface area contributed by atoms with Gasteiger partial charge in [-0.2, -0.15) is 0 Å². The molecule has 0 saturated heterocycles. The van der Waals surface area contributed by atoms with E-state index in [0.29, 0.717) is 5.57 Å². The Morgan fingerprint density at radius 3 is 2.19 bits per heavy atom. The highest BCUT2D eigenvalue weighted by Gasteiger charge is 2.35. The van der Waals surface area contributed by atoms with Crippen LogP contribution in [0.3, 0.4) is 0 Å². The van der Waals surface area contributed by atoms with E-state index in [-0.39, 0.29) is 18.1 Å². The molecule has 0 spiro atoms. The molecule has 1 amide bonds. The number of esters is 1. The van der Waals surface area contributed by atoms with Crippen molar-refractivity contribution in [2.45, 2.75) is 27.7 Å². The Hall–Kier alpha value is -3.08. The molecule has 0 unspecified atom stereocenters. The number of carbonyl (C=O) groups is 2. The van der Waals surface area contributed by atoms with Gasteiger partial charge in [-0.3, -0.25) is 4.79 Å². The molecule has 0 aliphatic carbocycles. The molecule has 0 atom stereocenters. The molecule has 140 valence electrons. The monoisotopic (exact) mass is 364 g/mol. The number of aryl methyl sites for hydroxylation is 4. The van der Waals surface area contributed by atoms with Crippen molar-refractivity contribution >= 4 is 23.3 Å². The zero-order valence-corrected chi connectivity index (χ0v) is 16.3. The Balaban J connectivity index is 1.97. The van der Waals surface area contributed by atoms with Crippen molar-refractivity contribution in [3.63, 3.8) is 0 Å². The Morgan fingerprint density at radius 2 is 1.59 bits per heavy atom. The molecule has 5 heteroatoms. The summed E-state index contributed by atoms with van der Waals surface area (Å²) < 4.78 is 4.90. The Labute approximate surface area is 159 Å². The van der Waals surface area contributed by atoms with Crippen LogP contribution in [0.5, 0.6) is 0 Å². The maximum Gasteiger partial charge on any atom is 0.337 e. The maximum absolute atomic E-state index is 13.1. The number of ether oxygens (including phenoxy) is 1. The number of nitrogens with zero attached hydrogens (tertiary/aromatic N) is 1. The predicted octanol–water partition coefficient (Wildman–Crippen LogP) is 3.81. The molecular formula is C22H24N2O3. The quantitative estimate of drug-likeness (QED) is 0.838. The van der Waals surface area contributed by atoms with Crippen LogP contribution in [0.1, 0.15) is 22.3 Å². The second-order valence-electron chi connectivity index (χ2n) is 6.93. The highest BCUT2D eigenvalue weighted by molar-refractivity contribution is 6.16. The summed E-state index contributed by atoms with van der Waals surface area (Å²) >= 11 is 0. The summed E-state index contributed by atoms with van der Waals surface area (Å²) in [4.78, 5) is 27.0. The lowest BCUT2D eigenvalue weighted by atomic mass is 10.1. The number of nitrogens with one attached hydrogen (secondary N) is 1. The van der Waals surface area contributed by atoms with Crippen molar-refractivity contribution < 1.29 is 14.3 Å². The van der Waals surface area contributed by atoms with Gasteiger partial charge in [0.05, 0.1) is 19.2 Å². The number of amides is 1. The largest absolute Gasteiger partial charge is 0.466 e. The summed E-state index contributed by atoms with van der Waals surface area (Å²) in [5.41, 5.74) is 6.65. The normalized spacial score (nSPS) is 14.0. The van der Waals surface area contributed by atoms with E-state index in [0.717, 1.165) is 33.6 Å². The third-order valence-corrected chi connectivity index (χ3v) is 5.09. The fraction of sp³-hybridized carbons (Fsp3) is 0.273. The van der Waals surface area contributed by atoms with Crippen LogP contribution < -0.4 is 10.2 Å². The number of methoxy groups -OCH3 is 1. The van der Waals surface area contributed by atoms with E-state index in [1.807, 2.05) is 64.1 Å². The van der Waals surface area contributed by atoms with E-state index in [9.17, 15) is 9.59 Å². The van der Waals surface area contributed by atoms with Crippen molar-refractivity contribution in [1.29, 1.82) is 0 Å². The van der Waals surface area contributed by atoms with Gasteiger partial charge < -0.3 is 15.0 Å². The molecule has 3 rings (SSSR count). The number of hydrogen-bond donors (Lipinski definition) is 1. The van der Waals surface area contributed by atoms with Crippen molar-refractivity contribution in [3.8, 4) is 0 Å². The molecule has 1 aliphatic rings. The van der Waals surface area contributed by atoms with E-state index in [1.54, 1.807) is 4.90 Å². The van der Waals surface area contributed by atoms with Crippen LogP contribution in [-0.4, -0.2) is 25.5 Å². The lowest BCUT2D eigenvalue weighted by Gasteiger charge is -2.18. The number of hydrogen-bond acceptors (Lipinski definition) is 4. The Morgan fingerprint density at radius 1 is 0.963 bits per heavy atom. The second kappa shape index (κ2) is 7.27. The molecule has 0 saturated carbocycles. The molecule has 27 heavy (non-hydrogen) atoms. The van der Waals surface area contributed by atoms with Gasteiger partial charge in [0.25, 0.3) is 5.91 Å². The van der Waals surface area contributed by atoms with Crippen LogP contribution in [0.15, 0.2) is 47.7 Å². The van der Waals surface area contributed by atoms with E-state index in [2.05, 4.69) is 5.32 Å². The second-order valence-corrected chi connectivity index (χ2v) is 6.93. The fourth-order valence-corrected chi connectivity index (χ4v) is 3.06. The van der Waals surface area contributed by atoms with Crippen molar-refractivity contribution in [3.05, 3.63) is 69.9 Å². The minimum Gasteiger partial charge on any atom is -0.466 e. The van der Waals surface area contributed by atoms with Gasteiger partial charge in [-0.1, -0.05) is 12.1 Å². The third kappa shape index (κ3) is 3.58. The van der Waals surface area contributed by atoms with Crippen LogP contribution in [0.2, 0.25) is 0 Å². The first kappa shape index (κ1) is 18.7. The zero-order chi connectivity index (χ0) is 19.7. The van der Waals surface area contributed by atoms with Crippen molar-refractivity contribution in [2.75, 3.05) is 23.9 Å². The van der Waals surface area contributed by atoms with Gasteiger partial charge in [-0.05, 0) is 74.2 Å². The molecule has 0 fully saturated rings. The zero-order valence-electron chi connectivity index (χ0n) is 16.3. The number of rotatable bonds is 4. The predicted molar refractivity (Wildman–Crippen MR) is 107 cm³/mol. The van der Waals surface area contributed by atoms with Gasteiger partial charge in [0.15, 0.2) is 0 Å². The van der Waals surface area contributed by atoms with Crippen LogP contribution in [-0.2, 0) is 14.3 Å². The van der Waals surface area contributed by atoms with Gasteiger partial charge in [-0.25, -0.2) is 4.79 Å². The lowest BCUT2D eigenvalue weighted by molar-refractivity contribution is -0.136. The molecule has 2 aromatic rings. The summed E-state index contributed by atoms with van der Waals surface area (Å²) in [5, 5.41) is 3.14. The minimum atomic E-state index is -0.499. The average Bonchev–Trinajstić information content (AvgIpc) is 2.96. The summed E-state index contributed by atoms with van der Waals surface area (Å²) in [6.07, 6.45) is 0. The van der Waals surface area contributed by atoms with Crippen LogP contribution in [0.4, 0.5) is 11.4 Å². The molecule has 1 N–H and O–H groups in total. The number of carbonyl (C=O) groups excluding carboxylic acids is 2. The molecule has 0 radical (unpaired) electrons. The Kier molecular flexibility index (Phi) is 5.04. The average molecular weight is 364 g/mol. The van der Waals surface area contributed by atoms with Crippen molar-refractivity contribution in [1.82, 2.24) is 0 Å². The van der Waals surface area contributed by atoms with E-state index in [4.69, 9.17) is 4.74 Å². The summed E-state index contributed by atoms with van der Waals surface area (Å²) in [6.45, 7) is 8.24. The topological polar surface area (TPSA) is 58.6 Å². The molecule has 1 heterocycles. The number of benzene rings is 2. The van der Waals surface area contributed by atoms with E-state index in [1.165, 1.54) is 7.11 Å². The van der Waals surface area contributed by atoms with Gasteiger partial charge in [0, 0.05) is 11.4 Å². The van der Waals surface area contributed by atoms with Crippen molar-refractivity contribution in [2.24, 2.45) is 0 Å². The summed E-state index contributed by atoms with van der Waals surface area (Å²) in [5.74, 6) is -0.738. The minimum absolute atomic E-state index is 0.182. The first-order chi connectivity index (χ1) is 12.8. The van der Waals surface area contributed by atoms with E-state index >= 15 is 0 Å². The fourth-order valence-electron chi connectivity index (χ4n) is 3.06. The molecule has 0 aromatic heterocycles. The highest BCUT2D eigenvalue weighted by atomic mass is 16.5. The van der Waals surface area contributed by atoms with E-state index < -0.39 is 5.97 Å². The lowest BCUT2D eigenvalue weighted by Crippen LogP contribution is -2.28. The SMILES string of the molecule is COC(=O)C1=C(Nc2ccc(C)c(C)c2)C(=O)N(c2ccc(C)c(C)c2)C1. The summed E-state index contributed by atoms with van der Waals surface area (Å²) in [6, 6.07) is 11.7. The van der Waals surface area contributed by atoms with Gasteiger partial charge >= 0.3 is 5.97 Å². The molecule has 5 nitrogen and oxygen atoms in total. The third-order valence-electron chi connectivity index (χ3n) is 5.09. The van der Waals surface area contributed by atoms with Gasteiger partial charge in [0.2, 0.25) is 0 Å². The first-order valence-electron chi connectivity index (χ1n) is 8.86. The molecule has 0 bridgehead atoms.